The van der Waals surface area contributed by atoms with Crippen molar-refractivity contribution in [2.75, 3.05) is 19.0 Å². The largest absolute Gasteiger partial charge is 0.495 e. The van der Waals surface area contributed by atoms with Crippen molar-refractivity contribution in [3.63, 3.8) is 0 Å². The van der Waals surface area contributed by atoms with Gasteiger partial charge in [0.2, 0.25) is 5.91 Å². The molecule has 2 aromatic carbocycles. The van der Waals surface area contributed by atoms with E-state index in [1.807, 2.05) is 0 Å². The highest BCUT2D eigenvalue weighted by molar-refractivity contribution is 8.18. The van der Waals surface area contributed by atoms with Crippen molar-refractivity contribution in [1.29, 1.82) is 0 Å². The van der Waals surface area contributed by atoms with E-state index in [9.17, 15) is 27.6 Å². The lowest BCUT2D eigenvalue weighted by atomic mass is 10.1. The van der Waals surface area contributed by atoms with E-state index in [0.717, 1.165) is 12.1 Å². The smallest absolute Gasteiger partial charge is 0.416 e. The first-order valence-electron chi connectivity index (χ1n) is 10.3. The van der Waals surface area contributed by atoms with Gasteiger partial charge in [-0.25, -0.2) is 0 Å². The Morgan fingerprint density at radius 1 is 1.14 bits per heavy atom. The molecule has 7 nitrogen and oxygen atoms in total. The first-order valence-corrected chi connectivity index (χ1v) is 11.9. The molecule has 3 amide bonds. The quantitative estimate of drug-likeness (QED) is 0.322. The summed E-state index contributed by atoms with van der Waals surface area (Å²) in [7, 11) is 1.22. The van der Waals surface area contributed by atoms with Gasteiger partial charge in [0, 0.05) is 16.7 Å². The zero-order valence-corrected chi connectivity index (χ0v) is 21.0. The lowest BCUT2D eigenvalue weighted by Gasteiger charge is -2.16. The van der Waals surface area contributed by atoms with E-state index in [1.165, 1.54) is 13.2 Å². The van der Waals surface area contributed by atoms with Crippen molar-refractivity contribution in [3.05, 3.63) is 74.8 Å². The second-order valence-corrected chi connectivity index (χ2v) is 9.39. The number of nitrogens with one attached hydrogen (secondary N) is 1. The van der Waals surface area contributed by atoms with Crippen LogP contribution in [0.4, 0.5) is 23.7 Å². The van der Waals surface area contributed by atoms with E-state index in [4.69, 9.17) is 32.4 Å². The standard InChI is InChI=1S/C24H15Cl2F3N2O5S/c1-35-19-6-2-12(24(27,28)29)8-17(19)30-21(32)11-31-22(33)20(37-23(31)34)10-14-4-7-18(36-14)15-5-3-13(25)9-16(15)26/h2-10H,11H2,1H3,(H,30,32)/b20-10-. The van der Waals surface area contributed by atoms with E-state index in [-0.39, 0.29) is 22.1 Å². The molecule has 0 aliphatic carbocycles. The maximum Gasteiger partial charge on any atom is 0.416 e. The Kier molecular flexibility index (Phi) is 7.58. The number of nitrogens with zero attached hydrogens (tertiary/aromatic N) is 1. The van der Waals surface area contributed by atoms with Crippen LogP contribution in [0.3, 0.4) is 0 Å². The van der Waals surface area contributed by atoms with Crippen molar-refractivity contribution >= 4 is 63.8 Å². The number of furan rings is 1. The number of alkyl halides is 3. The number of hydrogen-bond donors (Lipinski definition) is 1. The van der Waals surface area contributed by atoms with Gasteiger partial charge in [-0.05, 0) is 60.3 Å². The first-order chi connectivity index (χ1) is 17.5. The van der Waals surface area contributed by atoms with Crippen LogP contribution in [0, 0.1) is 0 Å². The highest BCUT2D eigenvalue weighted by atomic mass is 35.5. The van der Waals surface area contributed by atoms with Crippen LogP contribution in [0.1, 0.15) is 11.3 Å². The predicted molar refractivity (Wildman–Crippen MR) is 133 cm³/mol. The number of anilines is 1. The second kappa shape index (κ2) is 10.5. The van der Waals surface area contributed by atoms with Crippen molar-refractivity contribution in [2.45, 2.75) is 6.18 Å². The third-order valence-electron chi connectivity index (χ3n) is 5.07. The Balaban J connectivity index is 1.48. The Morgan fingerprint density at radius 3 is 2.57 bits per heavy atom. The predicted octanol–water partition coefficient (Wildman–Crippen LogP) is 6.96. The van der Waals surface area contributed by atoms with Crippen LogP contribution in [0.5, 0.6) is 5.75 Å². The maximum atomic E-state index is 13.0. The van der Waals surface area contributed by atoms with Gasteiger partial charge in [0.05, 0.1) is 28.3 Å². The van der Waals surface area contributed by atoms with E-state index in [0.29, 0.717) is 44.1 Å². The Bertz CT molecular complexity index is 1440. The fraction of sp³-hybridized carbons (Fsp3) is 0.125. The van der Waals surface area contributed by atoms with Gasteiger partial charge in [-0.2, -0.15) is 13.2 Å². The van der Waals surface area contributed by atoms with Crippen molar-refractivity contribution in [2.24, 2.45) is 0 Å². The molecule has 0 spiro atoms. The Morgan fingerprint density at radius 2 is 1.89 bits per heavy atom. The monoisotopic (exact) mass is 570 g/mol. The first kappa shape index (κ1) is 26.6. The number of imide groups is 1. The third kappa shape index (κ3) is 5.95. The fourth-order valence-electron chi connectivity index (χ4n) is 3.35. The number of hydrogen-bond acceptors (Lipinski definition) is 6. The van der Waals surface area contributed by atoms with Gasteiger partial charge in [0.1, 0.15) is 23.8 Å². The number of halogens is 5. The number of amides is 3. The van der Waals surface area contributed by atoms with Gasteiger partial charge < -0.3 is 14.5 Å². The lowest BCUT2D eigenvalue weighted by Crippen LogP contribution is -2.36. The average molecular weight is 571 g/mol. The SMILES string of the molecule is COc1ccc(C(F)(F)F)cc1NC(=O)CN1C(=O)S/C(=C\c2ccc(-c3ccc(Cl)cc3Cl)o2)C1=O. The third-order valence-corrected chi connectivity index (χ3v) is 6.53. The molecule has 1 aromatic heterocycles. The fourth-order valence-corrected chi connectivity index (χ4v) is 4.67. The maximum absolute atomic E-state index is 13.0. The number of rotatable bonds is 6. The summed E-state index contributed by atoms with van der Waals surface area (Å²) in [6, 6.07) is 10.6. The summed E-state index contributed by atoms with van der Waals surface area (Å²) < 4.78 is 49.8. The van der Waals surface area contributed by atoms with E-state index >= 15 is 0 Å². The van der Waals surface area contributed by atoms with Crippen LogP contribution < -0.4 is 10.1 Å². The topological polar surface area (TPSA) is 88.8 Å². The summed E-state index contributed by atoms with van der Waals surface area (Å²) in [5, 5.41) is 2.34. The Labute approximate surface area is 222 Å². The Hall–Kier alpha value is -3.41. The van der Waals surface area contributed by atoms with Crippen LogP contribution in [0.15, 0.2) is 57.9 Å². The molecule has 2 heterocycles. The summed E-state index contributed by atoms with van der Waals surface area (Å²) in [5.74, 6) is -1.02. The zero-order chi connectivity index (χ0) is 26.9. The van der Waals surface area contributed by atoms with Gasteiger partial charge >= 0.3 is 6.18 Å². The van der Waals surface area contributed by atoms with Crippen molar-refractivity contribution in [1.82, 2.24) is 4.90 Å². The van der Waals surface area contributed by atoms with Gasteiger partial charge in [-0.15, -0.1) is 0 Å². The lowest BCUT2D eigenvalue weighted by molar-refractivity contribution is -0.137. The molecule has 37 heavy (non-hydrogen) atoms. The van der Waals surface area contributed by atoms with Crippen LogP contribution in [0.2, 0.25) is 10.0 Å². The molecule has 0 unspecified atom stereocenters. The molecule has 3 aromatic rings. The zero-order valence-electron chi connectivity index (χ0n) is 18.7. The molecule has 1 fully saturated rings. The van der Waals surface area contributed by atoms with Crippen LogP contribution >= 0.6 is 35.0 Å². The highest BCUT2D eigenvalue weighted by Crippen LogP contribution is 2.37. The van der Waals surface area contributed by atoms with Crippen LogP contribution in [0.25, 0.3) is 17.4 Å². The molecule has 0 radical (unpaired) electrons. The second-order valence-electron chi connectivity index (χ2n) is 7.56. The number of benzene rings is 2. The van der Waals surface area contributed by atoms with E-state index in [1.54, 1.807) is 30.3 Å². The summed E-state index contributed by atoms with van der Waals surface area (Å²) in [4.78, 5) is 38.3. The molecule has 1 N–H and O–H groups in total. The summed E-state index contributed by atoms with van der Waals surface area (Å²) in [5.41, 5.74) is -0.690. The molecular weight excluding hydrogens is 556 g/mol. The number of ether oxygens (including phenoxy) is 1. The number of carbonyl (C=O) groups excluding carboxylic acids is 3. The normalized spacial score (nSPS) is 15.0. The minimum absolute atomic E-state index is 0.00227. The van der Waals surface area contributed by atoms with Crippen molar-refractivity contribution in [3.8, 4) is 17.1 Å². The molecule has 0 atom stereocenters. The summed E-state index contributed by atoms with van der Waals surface area (Å²) in [6.07, 6.45) is -3.31. The minimum atomic E-state index is -4.65. The molecule has 0 bridgehead atoms. The summed E-state index contributed by atoms with van der Waals surface area (Å²) in [6.45, 7) is -0.717. The van der Waals surface area contributed by atoms with Crippen molar-refractivity contribution < 1.29 is 36.7 Å². The van der Waals surface area contributed by atoms with Crippen LogP contribution in [-0.2, 0) is 15.8 Å². The molecule has 192 valence electrons. The molecule has 0 saturated carbocycles. The van der Waals surface area contributed by atoms with Gasteiger partial charge in [0.25, 0.3) is 11.1 Å². The molecule has 1 saturated heterocycles. The highest BCUT2D eigenvalue weighted by Gasteiger charge is 2.37. The average Bonchev–Trinajstić information content (AvgIpc) is 3.38. The molecule has 13 heteroatoms. The summed E-state index contributed by atoms with van der Waals surface area (Å²) >= 11 is 12.7. The number of carbonyl (C=O) groups is 3. The van der Waals surface area contributed by atoms with Gasteiger partial charge in [0.15, 0.2) is 0 Å². The van der Waals surface area contributed by atoms with Gasteiger partial charge in [-0.3, -0.25) is 19.3 Å². The van der Waals surface area contributed by atoms with Gasteiger partial charge in [-0.1, -0.05) is 23.2 Å². The molecule has 1 aliphatic rings. The molecule has 1 aliphatic heterocycles. The molecular formula is C24H15Cl2F3N2O5S. The number of methoxy groups -OCH3 is 1. The van der Waals surface area contributed by atoms with E-state index < -0.39 is 35.3 Å². The molecule has 4 rings (SSSR count). The van der Waals surface area contributed by atoms with E-state index in [2.05, 4.69) is 5.32 Å². The number of thioether (sulfide) groups is 1. The van der Waals surface area contributed by atoms with Crippen LogP contribution in [-0.4, -0.2) is 35.6 Å². The minimum Gasteiger partial charge on any atom is -0.495 e.